The fraction of sp³-hybridized carbons (Fsp3) is 0.588. The Hall–Kier alpha value is -1.51. The lowest BCUT2D eigenvalue weighted by atomic mass is 9.84. The third-order valence-electron chi connectivity index (χ3n) is 4.30. The average molecular weight is 272 g/mol. The standard InChI is InChI=1S/C17H24N2O/c1-2-6-14(7-3-1)15-8-4-5-9-16(15)20-13-10-17-18-11-12-19-17/h4-5,8-9,14H,1-3,6-7,10-13H2,(H,18,19). The summed E-state index contributed by atoms with van der Waals surface area (Å²) in [6.45, 7) is 2.61. The topological polar surface area (TPSA) is 33.6 Å². The zero-order valence-corrected chi connectivity index (χ0v) is 12.1. The quantitative estimate of drug-likeness (QED) is 0.890. The molecule has 1 aliphatic carbocycles. The first-order chi connectivity index (χ1) is 9.93. The highest BCUT2D eigenvalue weighted by Crippen LogP contribution is 2.37. The van der Waals surface area contributed by atoms with Crippen LogP contribution in [0.4, 0.5) is 0 Å². The van der Waals surface area contributed by atoms with Crippen molar-refractivity contribution in [2.24, 2.45) is 4.99 Å². The lowest BCUT2D eigenvalue weighted by Crippen LogP contribution is -2.20. The van der Waals surface area contributed by atoms with Crippen LogP contribution in [0.3, 0.4) is 0 Å². The number of nitrogens with zero attached hydrogens (tertiary/aromatic N) is 1. The van der Waals surface area contributed by atoms with Crippen molar-refractivity contribution in [1.82, 2.24) is 5.32 Å². The minimum absolute atomic E-state index is 0.696. The van der Waals surface area contributed by atoms with Gasteiger partial charge >= 0.3 is 0 Å². The summed E-state index contributed by atoms with van der Waals surface area (Å²) in [4.78, 5) is 4.40. The Bertz CT molecular complexity index is 464. The molecule has 1 saturated carbocycles. The van der Waals surface area contributed by atoms with Gasteiger partial charge in [0.15, 0.2) is 0 Å². The predicted octanol–water partition coefficient (Wildman–Crippen LogP) is 3.50. The molecular weight excluding hydrogens is 248 g/mol. The molecule has 0 atom stereocenters. The monoisotopic (exact) mass is 272 g/mol. The van der Waals surface area contributed by atoms with Gasteiger partial charge in [-0.1, -0.05) is 37.5 Å². The molecule has 1 aliphatic heterocycles. The van der Waals surface area contributed by atoms with Crippen molar-refractivity contribution in [2.45, 2.75) is 44.4 Å². The average Bonchev–Trinajstić information content (AvgIpc) is 3.02. The van der Waals surface area contributed by atoms with E-state index < -0.39 is 0 Å². The molecule has 0 saturated heterocycles. The Morgan fingerprint density at radius 2 is 2.00 bits per heavy atom. The number of para-hydroxylation sites is 1. The molecule has 1 aromatic rings. The summed E-state index contributed by atoms with van der Waals surface area (Å²) in [5.41, 5.74) is 1.41. The predicted molar refractivity (Wildman–Crippen MR) is 82.7 cm³/mol. The van der Waals surface area contributed by atoms with Gasteiger partial charge in [0, 0.05) is 13.0 Å². The Balaban J connectivity index is 1.60. The van der Waals surface area contributed by atoms with Crippen LogP contribution in [0.25, 0.3) is 0 Å². The number of aliphatic imine (C=N–C) groups is 1. The molecule has 1 fully saturated rings. The van der Waals surface area contributed by atoms with Gasteiger partial charge in [-0.3, -0.25) is 4.99 Å². The SMILES string of the molecule is c1ccc(C2CCCCC2)c(OCCC2=NCCN2)c1. The highest BCUT2D eigenvalue weighted by molar-refractivity contribution is 5.83. The molecule has 3 heteroatoms. The number of ether oxygens (including phenoxy) is 1. The molecule has 108 valence electrons. The van der Waals surface area contributed by atoms with E-state index in [-0.39, 0.29) is 0 Å². The van der Waals surface area contributed by atoms with Crippen LogP contribution in [-0.4, -0.2) is 25.5 Å². The summed E-state index contributed by atoms with van der Waals surface area (Å²) >= 11 is 0. The van der Waals surface area contributed by atoms with Gasteiger partial charge in [0.05, 0.1) is 19.0 Å². The number of nitrogens with one attached hydrogen (secondary N) is 1. The molecule has 3 nitrogen and oxygen atoms in total. The maximum atomic E-state index is 6.03. The maximum Gasteiger partial charge on any atom is 0.122 e. The number of amidine groups is 1. The third kappa shape index (κ3) is 3.33. The van der Waals surface area contributed by atoms with E-state index >= 15 is 0 Å². The van der Waals surface area contributed by atoms with Crippen molar-refractivity contribution in [2.75, 3.05) is 19.7 Å². The molecule has 20 heavy (non-hydrogen) atoms. The number of rotatable bonds is 5. The molecule has 1 N–H and O–H groups in total. The molecule has 0 unspecified atom stereocenters. The molecule has 0 aromatic heterocycles. The van der Waals surface area contributed by atoms with Crippen molar-refractivity contribution in [3.05, 3.63) is 29.8 Å². The van der Waals surface area contributed by atoms with Crippen LogP contribution in [0, 0.1) is 0 Å². The van der Waals surface area contributed by atoms with Gasteiger partial charge in [0.2, 0.25) is 0 Å². The highest BCUT2D eigenvalue weighted by atomic mass is 16.5. The van der Waals surface area contributed by atoms with Gasteiger partial charge in [0.1, 0.15) is 5.75 Å². The first-order valence-corrected chi connectivity index (χ1v) is 7.92. The van der Waals surface area contributed by atoms with Gasteiger partial charge in [-0.05, 0) is 30.4 Å². The van der Waals surface area contributed by atoms with Crippen molar-refractivity contribution in [3.8, 4) is 5.75 Å². The lowest BCUT2D eigenvalue weighted by molar-refractivity contribution is 0.317. The van der Waals surface area contributed by atoms with Gasteiger partial charge in [-0.2, -0.15) is 0 Å². The molecule has 0 radical (unpaired) electrons. The smallest absolute Gasteiger partial charge is 0.122 e. The summed E-state index contributed by atoms with van der Waals surface area (Å²) in [7, 11) is 0. The molecule has 0 amide bonds. The van der Waals surface area contributed by atoms with Gasteiger partial charge in [-0.15, -0.1) is 0 Å². The molecule has 0 bridgehead atoms. The maximum absolute atomic E-state index is 6.03. The normalized spacial score (nSPS) is 19.5. The van der Waals surface area contributed by atoms with Crippen molar-refractivity contribution in [1.29, 1.82) is 0 Å². The Kier molecular flexibility index (Phi) is 4.57. The van der Waals surface area contributed by atoms with Crippen molar-refractivity contribution in [3.63, 3.8) is 0 Å². The van der Waals surface area contributed by atoms with Gasteiger partial charge in [0.25, 0.3) is 0 Å². The molecule has 1 aromatic carbocycles. The molecular formula is C17H24N2O. The second-order valence-corrected chi connectivity index (χ2v) is 5.73. The number of hydrogen-bond acceptors (Lipinski definition) is 3. The van der Waals surface area contributed by atoms with Gasteiger partial charge < -0.3 is 10.1 Å². The van der Waals surface area contributed by atoms with Crippen LogP contribution >= 0.6 is 0 Å². The zero-order chi connectivity index (χ0) is 13.6. The first kappa shape index (κ1) is 13.5. The molecule has 1 heterocycles. The van der Waals surface area contributed by atoms with E-state index in [1.165, 1.54) is 37.7 Å². The minimum atomic E-state index is 0.696. The Morgan fingerprint density at radius 1 is 1.15 bits per heavy atom. The van der Waals surface area contributed by atoms with E-state index in [9.17, 15) is 0 Å². The van der Waals surface area contributed by atoms with E-state index in [1.54, 1.807) is 0 Å². The van der Waals surface area contributed by atoms with Crippen molar-refractivity contribution < 1.29 is 4.74 Å². The van der Waals surface area contributed by atoms with E-state index in [2.05, 4.69) is 34.6 Å². The highest BCUT2D eigenvalue weighted by Gasteiger charge is 2.18. The van der Waals surface area contributed by atoms with Gasteiger partial charge in [-0.25, -0.2) is 0 Å². The second-order valence-electron chi connectivity index (χ2n) is 5.73. The molecule has 2 aliphatic rings. The van der Waals surface area contributed by atoms with Crippen LogP contribution in [0.15, 0.2) is 29.3 Å². The van der Waals surface area contributed by atoms with E-state index in [0.29, 0.717) is 5.92 Å². The fourth-order valence-electron chi connectivity index (χ4n) is 3.23. The van der Waals surface area contributed by atoms with Crippen LogP contribution in [0.1, 0.15) is 50.0 Å². The molecule has 3 rings (SSSR count). The number of benzene rings is 1. The first-order valence-electron chi connectivity index (χ1n) is 7.92. The summed E-state index contributed by atoms with van der Waals surface area (Å²) in [6.07, 6.45) is 7.63. The van der Waals surface area contributed by atoms with Crippen molar-refractivity contribution >= 4 is 5.84 Å². The second kappa shape index (κ2) is 6.78. The third-order valence-corrected chi connectivity index (χ3v) is 4.30. The fourth-order valence-corrected chi connectivity index (χ4v) is 3.23. The lowest BCUT2D eigenvalue weighted by Gasteiger charge is -2.24. The summed E-state index contributed by atoms with van der Waals surface area (Å²) in [6, 6.07) is 8.58. The summed E-state index contributed by atoms with van der Waals surface area (Å²) in [5.74, 6) is 2.88. The Morgan fingerprint density at radius 3 is 2.80 bits per heavy atom. The zero-order valence-electron chi connectivity index (χ0n) is 12.1. The minimum Gasteiger partial charge on any atom is -0.493 e. The van der Waals surface area contributed by atoms with E-state index in [4.69, 9.17) is 4.74 Å². The van der Waals surface area contributed by atoms with Crippen LogP contribution in [-0.2, 0) is 0 Å². The molecule has 0 spiro atoms. The summed E-state index contributed by atoms with van der Waals surface area (Å²) < 4.78 is 6.03. The van der Waals surface area contributed by atoms with E-state index in [0.717, 1.165) is 37.7 Å². The van der Waals surface area contributed by atoms with Crippen LogP contribution in [0.2, 0.25) is 0 Å². The number of hydrogen-bond donors (Lipinski definition) is 1. The summed E-state index contributed by atoms with van der Waals surface area (Å²) in [5, 5.41) is 3.29. The largest absolute Gasteiger partial charge is 0.493 e. The van der Waals surface area contributed by atoms with Crippen LogP contribution in [0.5, 0.6) is 5.75 Å². The Labute approximate surface area is 121 Å². The van der Waals surface area contributed by atoms with E-state index in [1.807, 2.05) is 0 Å². The van der Waals surface area contributed by atoms with Crippen LogP contribution < -0.4 is 10.1 Å².